The Morgan fingerprint density at radius 3 is 3.05 bits per heavy atom. The Kier molecular flexibility index (Phi) is 3.62. The minimum atomic E-state index is 0.317. The van der Waals surface area contributed by atoms with E-state index in [0.717, 1.165) is 5.92 Å². The largest absolute Gasteiger partial charge is 0.311 e. The fraction of sp³-hybridized carbons (Fsp3) is 0.706. The van der Waals surface area contributed by atoms with Gasteiger partial charge in [-0.1, -0.05) is 19.9 Å². The molecule has 0 saturated carbocycles. The quantitative estimate of drug-likeness (QED) is 0.895. The first-order chi connectivity index (χ1) is 9.21. The van der Waals surface area contributed by atoms with Crippen LogP contribution in [0.1, 0.15) is 63.1 Å². The third kappa shape index (κ3) is 2.43. The van der Waals surface area contributed by atoms with Gasteiger partial charge in [-0.3, -0.25) is 4.98 Å². The molecule has 19 heavy (non-hydrogen) atoms. The molecule has 0 bridgehead atoms. The summed E-state index contributed by atoms with van der Waals surface area (Å²) in [6, 6.07) is 4.38. The van der Waals surface area contributed by atoms with Crippen molar-refractivity contribution in [3.8, 4) is 0 Å². The summed E-state index contributed by atoms with van der Waals surface area (Å²) in [7, 11) is 0. The molecule has 1 aliphatic carbocycles. The molecule has 2 heteroatoms. The predicted octanol–water partition coefficient (Wildman–Crippen LogP) is 3.67. The normalized spacial score (nSPS) is 30.6. The molecule has 1 saturated heterocycles. The molecule has 0 radical (unpaired) electrons. The van der Waals surface area contributed by atoms with Gasteiger partial charge in [-0.25, -0.2) is 0 Å². The zero-order chi connectivity index (χ0) is 13.3. The second-order valence-corrected chi connectivity index (χ2v) is 6.78. The fourth-order valence-corrected chi connectivity index (χ4v) is 4.32. The highest BCUT2D eigenvalue weighted by Crippen LogP contribution is 2.45. The second-order valence-electron chi connectivity index (χ2n) is 6.78. The number of nitrogens with one attached hydrogen (secondary N) is 1. The molecule has 2 heterocycles. The standard InChI is InChI=1S/C17H26N2/c1-13(2)12-17(9-5-11-19-17)15-8-3-6-14-7-4-10-18-16(14)15/h4,7,10,13,15,19H,3,5-6,8-9,11-12H2,1-2H3. The predicted molar refractivity (Wildman–Crippen MR) is 79.3 cm³/mol. The number of hydrogen-bond donors (Lipinski definition) is 1. The van der Waals surface area contributed by atoms with Gasteiger partial charge in [-0.15, -0.1) is 0 Å². The van der Waals surface area contributed by atoms with Crippen molar-refractivity contribution in [1.29, 1.82) is 0 Å². The van der Waals surface area contributed by atoms with E-state index in [1.54, 1.807) is 0 Å². The zero-order valence-electron chi connectivity index (χ0n) is 12.3. The van der Waals surface area contributed by atoms with Gasteiger partial charge < -0.3 is 5.32 Å². The SMILES string of the molecule is CC(C)CC1(C2CCCc3cccnc32)CCCN1. The van der Waals surface area contributed by atoms with Crippen LogP contribution >= 0.6 is 0 Å². The molecule has 104 valence electrons. The number of aromatic nitrogens is 1. The minimum absolute atomic E-state index is 0.317. The minimum Gasteiger partial charge on any atom is -0.311 e. The van der Waals surface area contributed by atoms with Gasteiger partial charge in [0.25, 0.3) is 0 Å². The molecule has 2 atom stereocenters. The van der Waals surface area contributed by atoms with Crippen LogP contribution < -0.4 is 5.32 Å². The molecule has 3 rings (SSSR count). The van der Waals surface area contributed by atoms with E-state index < -0.39 is 0 Å². The van der Waals surface area contributed by atoms with Crippen LogP contribution in [-0.4, -0.2) is 17.1 Å². The second kappa shape index (κ2) is 5.24. The molecule has 2 aliphatic rings. The molecule has 2 unspecified atom stereocenters. The number of nitrogens with zero attached hydrogens (tertiary/aromatic N) is 1. The molecule has 1 aliphatic heterocycles. The van der Waals surface area contributed by atoms with Crippen molar-refractivity contribution >= 4 is 0 Å². The summed E-state index contributed by atoms with van der Waals surface area (Å²) >= 11 is 0. The van der Waals surface area contributed by atoms with Crippen LogP contribution in [-0.2, 0) is 6.42 Å². The van der Waals surface area contributed by atoms with Crippen molar-refractivity contribution < 1.29 is 0 Å². The van der Waals surface area contributed by atoms with E-state index in [9.17, 15) is 0 Å². The summed E-state index contributed by atoms with van der Waals surface area (Å²) in [6.07, 6.45) is 9.77. The van der Waals surface area contributed by atoms with E-state index in [0.29, 0.717) is 11.5 Å². The van der Waals surface area contributed by atoms with E-state index in [1.165, 1.54) is 56.3 Å². The van der Waals surface area contributed by atoms with Gasteiger partial charge >= 0.3 is 0 Å². The first-order valence-electron chi connectivity index (χ1n) is 7.90. The van der Waals surface area contributed by atoms with E-state index in [2.05, 4.69) is 31.3 Å². The zero-order valence-corrected chi connectivity index (χ0v) is 12.3. The van der Waals surface area contributed by atoms with Crippen molar-refractivity contribution in [2.75, 3.05) is 6.54 Å². The summed E-state index contributed by atoms with van der Waals surface area (Å²) in [5.74, 6) is 1.38. The van der Waals surface area contributed by atoms with Crippen LogP contribution in [0, 0.1) is 5.92 Å². The summed E-state index contributed by atoms with van der Waals surface area (Å²) in [5.41, 5.74) is 3.21. The molecule has 0 spiro atoms. The van der Waals surface area contributed by atoms with Gasteiger partial charge in [0.2, 0.25) is 0 Å². The Balaban J connectivity index is 1.96. The number of aryl methyl sites for hydroxylation is 1. The van der Waals surface area contributed by atoms with Crippen molar-refractivity contribution in [1.82, 2.24) is 10.3 Å². The first-order valence-corrected chi connectivity index (χ1v) is 7.90. The highest BCUT2D eigenvalue weighted by atomic mass is 15.0. The molecule has 0 aromatic carbocycles. The molecule has 1 aromatic rings. The van der Waals surface area contributed by atoms with E-state index in [4.69, 9.17) is 4.98 Å². The monoisotopic (exact) mass is 258 g/mol. The molecule has 0 amide bonds. The fourth-order valence-electron chi connectivity index (χ4n) is 4.32. The Morgan fingerprint density at radius 2 is 2.32 bits per heavy atom. The lowest BCUT2D eigenvalue weighted by Crippen LogP contribution is -2.47. The van der Waals surface area contributed by atoms with Crippen LogP contribution in [0.25, 0.3) is 0 Å². The molecular weight excluding hydrogens is 232 g/mol. The molecule has 1 aromatic heterocycles. The molecule has 2 nitrogen and oxygen atoms in total. The summed E-state index contributed by atoms with van der Waals surface area (Å²) in [5, 5.41) is 3.87. The van der Waals surface area contributed by atoms with Crippen LogP contribution in [0.15, 0.2) is 18.3 Å². The van der Waals surface area contributed by atoms with Gasteiger partial charge in [0.05, 0.1) is 0 Å². The van der Waals surface area contributed by atoms with E-state index >= 15 is 0 Å². The Hall–Kier alpha value is -0.890. The lowest BCUT2D eigenvalue weighted by molar-refractivity contribution is 0.228. The van der Waals surface area contributed by atoms with Crippen molar-refractivity contribution in [3.05, 3.63) is 29.6 Å². The topological polar surface area (TPSA) is 24.9 Å². The van der Waals surface area contributed by atoms with Crippen molar-refractivity contribution in [2.24, 2.45) is 5.92 Å². The lowest BCUT2D eigenvalue weighted by Gasteiger charge is -2.41. The molecule has 1 fully saturated rings. The maximum atomic E-state index is 4.76. The lowest BCUT2D eigenvalue weighted by atomic mass is 9.69. The Labute approximate surface area is 117 Å². The summed E-state index contributed by atoms with van der Waals surface area (Å²) in [4.78, 5) is 4.76. The van der Waals surface area contributed by atoms with Crippen LogP contribution in [0.3, 0.4) is 0 Å². The molecule has 1 N–H and O–H groups in total. The summed E-state index contributed by atoms with van der Waals surface area (Å²) < 4.78 is 0. The van der Waals surface area contributed by atoms with Gasteiger partial charge in [0, 0.05) is 23.3 Å². The Bertz CT molecular complexity index is 433. The summed E-state index contributed by atoms with van der Waals surface area (Å²) in [6.45, 7) is 5.89. The average molecular weight is 258 g/mol. The highest BCUT2D eigenvalue weighted by Gasteiger charge is 2.44. The third-order valence-electron chi connectivity index (χ3n) is 4.91. The van der Waals surface area contributed by atoms with Gasteiger partial charge in [0.15, 0.2) is 0 Å². The maximum Gasteiger partial charge on any atom is 0.0484 e. The van der Waals surface area contributed by atoms with Crippen LogP contribution in [0.4, 0.5) is 0 Å². The third-order valence-corrected chi connectivity index (χ3v) is 4.91. The smallest absolute Gasteiger partial charge is 0.0484 e. The van der Waals surface area contributed by atoms with E-state index in [1.807, 2.05) is 6.20 Å². The number of fused-ring (bicyclic) bond motifs is 1. The van der Waals surface area contributed by atoms with Gasteiger partial charge in [-0.05, 0) is 62.6 Å². The number of pyridine rings is 1. The van der Waals surface area contributed by atoms with Crippen LogP contribution in [0.5, 0.6) is 0 Å². The Morgan fingerprint density at radius 1 is 1.42 bits per heavy atom. The maximum absolute atomic E-state index is 4.76. The first kappa shape index (κ1) is 13.1. The van der Waals surface area contributed by atoms with Gasteiger partial charge in [0.1, 0.15) is 0 Å². The number of hydrogen-bond acceptors (Lipinski definition) is 2. The van der Waals surface area contributed by atoms with Crippen molar-refractivity contribution in [2.45, 2.75) is 63.8 Å². The van der Waals surface area contributed by atoms with Crippen LogP contribution in [0.2, 0.25) is 0 Å². The molecular formula is C17H26N2. The van der Waals surface area contributed by atoms with Crippen molar-refractivity contribution in [3.63, 3.8) is 0 Å². The average Bonchev–Trinajstić information content (AvgIpc) is 2.87. The van der Waals surface area contributed by atoms with Gasteiger partial charge in [-0.2, -0.15) is 0 Å². The number of rotatable bonds is 3. The highest BCUT2D eigenvalue weighted by molar-refractivity contribution is 5.30. The van der Waals surface area contributed by atoms with E-state index in [-0.39, 0.29) is 0 Å².